The van der Waals surface area contributed by atoms with Gasteiger partial charge in [-0.3, -0.25) is 4.57 Å². The minimum atomic E-state index is -4.43. The van der Waals surface area contributed by atoms with Crippen LogP contribution in [0.25, 0.3) is 0 Å². The predicted octanol–water partition coefficient (Wildman–Crippen LogP) is 1.23. The van der Waals surface area contributed by atoms with E-state index in [0.717, 1.165) is 19.3 Å². The summed E-state index contributed by atoms with van der Waals surface area (Å²) in [5, 5.41) is 9.70. The summed E-state index contributed by atoms with van der Waals surface area (Å²) in [5.74, 6) is -0.111. The zero-order valence-electron chi connectivity index (χ0n) is 13.6. The Morgan fingerprint density at radius 1 is 1.24 bits per heavy atom. The SMILES string of the molecule is O=c1[nH]nc2n1CCC(NCc1nc(C(F)(F)F)n3c1CCCC3)C2. The van der Waals surface area contributed by atoms with Crippen molar-refractivity contribution in [2.24, 2.45) is 0 Å². The molecule has 0 radical (unpaired) electrons. The number of hydrogen-bond acceptors (Lipinski definition) is 4. The fraction of sp³-hybridized carbons (Fsp3) is 0.667. The maximum absolute atomic E-state index is 13.2. The molecule has 2 aromatic rings. The van der Waals surface area contributed by atoms with Gasteiger partial charge in [-0.2, -0.15) is 18.3 Å². The van der Waals surface area contributed by atoms with Crippen LogP contribution < -0.4 is 11.0 Å². The lowest BCUT2D eigenvalue weighted by Gasteiger charge is -2.23. The Balaban J connectivity index is 1.50. The number of fused-ring (bicyclic) bond motifs is 2. The Hall–Kier alpha value is -2.10. The third-order valence-corrected chi connectivity index (χ3v) is 4.98. The Kier molecular flexibility index (Phi) is 3.94. The van der Waals surface area contributed by atoms with E-state index in [1.54, 1.807) is 4.57 Å². The van der Waals surface area contributed by atoms with Crippen molar-refractivity contribution in [3.63, 3.8) is 0 Å². The van der Waals surface area contributed by atoms with Crippen LogP contribution in [-0.4, -0.2) is 30.4 Å². The number of alkyl halides is 3. The molecule has 7 nitrogen and oxygen atoms in total. The molecule has 1 unspecified atom stereocenters. The molecule has 0 amide bonds. The fourth-order valence-corrected chi connectivity index (χ4v) is 3.74. The second kappa shape index (κ2) is 6.01. The molecule has 0 saturated heterocycles. The maximum atomic E-state index is 13.2. The molecule has 2 aliphatic heterocycles. The van der Waals surface area contributed by atoms with Crippen LogP contribution in [0.3, 0.4) is 0 Å². The molecule has 0 aromatic carbocycles. The summed E-state index contributed by atoms with van der Waals surface area (Å²) in [6.45, 7) is 1.22. The van der Waals surface area contributed by atoms with Gasteiger partial charge in [0.15, 0.2) is 0 Å². The third kappa shape index (κ3) is 2.99. The summed E-state index contributed by atoms with van der Waals surface area (Å²) in [4.78, 5) is 15.4. The highest BCUT2D eigenvalue weighted by Gasteiger charge is 2.39. The minimum Gasteiger partial charge on any atom is -0.324 e. The number of aromatic amines is 1. The monoisotopic (exact) mass is 356 g/mol. The second-order valence-electron chi connectivity index (χ2n) is 6.60. The number of hydrogen-bond donors (Lipinski definition) is 2. The number of H-pyrrole nitrogens is 1. The minimum absolute atomic E-state index is 0.0676. The van der Waals surface area contributed by atoms with Crippen molar-refractivity contribution < 1.29 is 13.2 Å². The molecule has 0 saturated carbocycles. The normalized spacial score (nSPS) is 20.4. The highest BCUT2D eigenvalue weighted by atomic mass is 19.4. The van der Waals surface area contributed by atoms with Gasteiger partial charge in [0.25, 0.3) is 0 Å². The van der Waals surface area contributed by atoms with Crippen LogP contribution in [0, 0.1) is 0 Å². The zero-order valence-corrected chi connectivity index (χ0v) is 13.6. The van der Waals surface area contributed by atoms with E-state index in [9.17, 15) is 18.0 Å². The van der Waals surface area contributed by atoms with E-state index < -0.39 is 12.0 Å². The number of nitrogens with one attached hydrogen (secondary N) is 2. The van der Waals surface area contributed by atoms with Crippen molar-refractivity contribution in [3.8, 4) is 0 Å². The first-order valence-electron chi connectivity index (χ1n) is 8.46. The van der Waals surface area contributed by atoms with Gasteiger partial charge in [-0.25, -0.2) is 14.9 Å². The third-order valence-electron chi connectivity index (χ3n) is 4.98. The largest absolute Gasteiger partial charge is 0.449 e. The number of imidazole rings is 1. The first kappa shape index (κ1) is 16.4. The lowest BCUT2D eigenvalue weighted by molar-refractivity contribution is -0.147. The quantitative estimate of drug-likeness (QED) is 0.867. The molecule has 136 valence electrons. The summed E-state index contributed by atoms with van der Waals surface area (Å²) >= 11 is 0. The molecule has 4 rings (SSSR count). The van der Waals surface area contributed by atoms with Gasteiger partial charge in [0.1, 0.15) is 5.82 Å². The molecule has 0 bridgehead atoms. The number of aromatic nitrogens is 5. The van der Waals surface area contributed by atoms with Crippen LogP contribution in [-0.2, 0) is 38.7 Å². The van der Waals surface area contributed by atoms with Crippen molar-refractivity contribution in [1.82, 2.24) is 29.6 Å². The molecule has 25 heavy (non-hydrogen) atoms. The summed E-state index contributed by atoms with van der Waals surface area (Å²) in [6.07, 6.45) is -0.864. The zero-order chi connectivity index (χ0) is 17.6. The average molecular weight is 356 g/mol. The van der Waals surface area contributed by atoms with E-state index in [0.29, 0.717) is 49.7 Å². The van der Waals surface area contributed by atoms with Gasteiger partial charge in [0.2, 0.25) is 5.82 Å². The first-order valence-corrected chi connectivity index (χ1v) is 8.46. The van der Waals surface area contributed by atoms with Crippen LogP contribution in [0.4, 0.5) is 13.2 Å². The highest BCUT2D eigenvalue weighted by molar-refractivity contribution is 5.21. The fourth-order valence-electron chi connectivity index (χ4n) is 3.74. The molecule has 2 aliphatic rings. The van der Waals surface area contributed by atoms with Crippen LogP contribution in [0.1, 0.15) is 42.3 Å². The van der Waals surface area contributed by atoms with Crippen molar-refractivity contribution in [2.75, 3.05) is 0 Å². The lowest BCUT2D eigenvalue weighted by atomic mass is 10.1. The summed E-state index contributed by atoms with van der Waals surface area (Å²) < 4.78 is 42.5. The van der Waals surface area contributed by atoms with E-state index in [1.165, 1.54) is 4.57 Å². The van der Waals surface area contributed by atoms with Crippen molar-refractivity contribution in [2.45, 2.75) is 64.0 Å². The van der Waals surface area contributed by atoms with Crippen LogP contribution >= 0.6 is 0 Å². The molecule has 0 fully saturated rings. The van der Waals surface area contributed by atoms with Gasteiger partial charge in [-0.15, -0.1) is 0 Å². The molecule has 10 heteroatoms. The number of rotatable bonds is 3. The molecule has 0 aliphatic carbocycles. The highest BCUT2D eigenvalue weighted by Crippen LogP contribution is 2.33. The van der Waals surface area contributed by atoms with E-state index >= 15 is 0 Å². The van der Waals surface area contributed by atoms with E-state index in [1.807, 2.05) is 0 Å². The smallest absolute Gasteiger partial charge is 0.324 e. The number of halogens is 3. The maximum Gasteiger partial charge on any atom is 0.449 e. The lowest BCUT2D eigenvalue weighted by Crippen LogP contribution is -2.38. The van der Waals surface area contributed by atoms with E-state index in [2.05, 4.69) is 20.5 Å². The van der Waals surface area contributed by atoms with Crippen LogP contribution in [0.2, 0.25) is 0 Å². The van der Waals surface area contributed by atoms with Gasteiger partial charge in [-0.05, 0) is 25.7 Å². The second-order valence-corrected chi connectivity index (χ2v) is 6.60. The molecule has 1 atom stereocenters. The van der Waals surface area contributed by atoms with Gasteiger partial charge in [0.05, 0.1) is 5.69 Å². The van der Waals surface area contributed by atoms with Crippen molar-refractivity contribution >= 4 is 0 Å². The Labute approximate surface area is 141 Å². The molecule has 0 spiro atoms. The first-order chi connectivity index (χ1) is 11.9. The topological polar surface area (TPSA) is 80.5 Å². The predicted molar refractivity (Wildman–Crippen MR) is 82.0 cm³/mol. The van der Waals surface area contributed by atoms with Gasteiger partial charge in [-0.1, -0.05) is 0 Å². The van der Waals surface area contributed by atoms with E-state index in [4.69, 9.17) is 0 Å². The summed E-state index contributed by atoms with van der Waals surface area (Å²) in [5.41, 5.74) is 0.960. The standard InChI is InChI=1S/C15H19F3N6O/c16-15(17,18)13-20-10(11-3-1-2-5-23(11)13)8-19-9-4-6-24-12(7-9)21-22-14(24)25/h9,19H,1-8H2,(H,22,25). The van der Waals surface area contributed by atoms with Crippen molar-refractivity contribution in [1.29, 1.82) is 0 Å². The van der Waals surface area contributed by atoms with E-state index in [-0.39, 0.29) is 11.7 Å². The van der Waals surface area contributed by atoms with Gasteiger partial charge < -0.3 is 9.88 Å². The number of nitrogens with zero attached hydrogens (tertiary/aromatic N) is 4. The Morgan fingerprint density at radius 3 is 2.88 bits per heavy atom. The Bertz CT molecular complexity index is 833. The molecule has 4 heterocycles. The summed E-state index contributed by atoms with van der Waals surface area (Å²) in [6, 6.07) is 0.0676. The molecule has 2 N–H and O–H groups in total. The van der Waals surface area contributed by atoms with Gasteiger partial charge >= 0.3 is 11.9 Å². The Morgan fingerprint density at radius 2 is 2.08 bits per heavy atom. The average Bonchev–Trinajstić information content (AvgIpc) is 3.14. The van der Waals surface area contributed by atoms with Gasteiger partial charge in [0, 0.05) is 37.8 Å². The van der Waals surface area contributed by atoms with Crippen molar-refractivity contribution in [3.05, 3.63) is 33.5 Å². The molecule has 2 aromatic heterocycles. The van der Waals surface area contributed by atoms with Crippen LogP contribution in [0.5, 0.6) is 0 Å². The molecular weight excluding hydrogens is 337 g/mol. The van der Waals surface area contributed by atoms with Crippen LogP contribution in [0.15, 0.2) is 4.79 Å². The summed E-state index contributed by atoms with van der Waals surface area (Å²) in [7, 11) is 0. The molecular formula is C15H19F3N6O.